The summed E-state index contributed by atoms with van der Waals surface area (Å²) in [5.41, 5.74) is 5.49. The molecule has 3 aromatic rings. The Labute approximate surface area is 134 Å². The maximum Gasteiger partial charge on any atom is 0.257 e. The Hall–Kier alpha value is -2.38. The van der Waals surface area contributed by atoms with Crippen molar-refractivity contribution in [3.05, 3.63) is 52.2 Å². The molecule has 0 saturated carbocycles. The number of benzene rings is 1. The first kappa shape index (κ1) is 14.6. The van der Waals surface area contributed by atoms with Gasteiger partial charge in [-0.2, -0.15) is 0 Å². The van der Waals surface area contributed by atoms with E-state index in [0.717, 1.165) is 4.88 Å². The first-order valence-electron chi connectivity index (χ1n) is 6.22. The molecule has 0 fully saturated rings. The van der Waals surface area contributed by atoms with Crippen molar-refractivity contribution in [1.82, 2.24) is 10.2 Å². The molecule has 0 radical (unpaired) electrons. The lowest BCUT2D eigenvalue weighted by atomic mass is 10.2. The fourth-order valence-corrected chi connectivity index (χ4v) is 2.59. The van der Waals surface area contributed by atoms with Crippen molar-refractivity contribution in [3.8, 4) is 16.5 Å². The van der Waals surface area contributed by atoms with Crippen LogP contribution in [0.5, 0.6) is 5.75 Å². The third kappa shape index (κ3) is 3.10. The maximum absolute atomic E-state index is 11.4. The number of carbonyl (C=O) groups is 1. The Morgan fingerprint density at radius 2 is 2.23 bits per heavy atom. The molecule has 0 atom stereocenters. The van der Waals surface area contributed by atoms with Crippen LogP contribution in [0.2, 0.25) is 5.02 Å². The predicted octanol–water partition coefficient (Wildman–Crippen LogP) is 3.13. The van der Waals surface area contributed by atoms with Crippen molar-refractivity contribution >= 4 is 28.8 Å². The molecule has 6 nitrogen and oxygen atoms in total. The van der Waals surface area contributed by atoms with Crippen LogP contribution in [-0.2, 0) is 6.61 Å². The predicted molar refractivity (Wildman–Crippen MR) is 81.9 cm³/mol. The number of aromatic nitrogens is 2. The van der Waals surface area contributed by atoms with Crippen LogP contribution >= 0.6 is 22.9 Å². The van der Waals surface area contributed by atoms with Crippen molar-refractivity contribution in [2.75, 3.05) is 0 Å². The number of rotatable bonds is 5. The molecule has 2 aromatic heterocycles. The fraction of sp³-hybridized carbons (Fsp3) is 0.0714. The Balaban J connectivity index is 1.74. The van der Waals surface area contributed by atoms with Gasteiger partial charge in [0.2, 0.25) is 0 Å². The molecule has 0 unspecified atom stereocenters. The third-order valence-electron chi connectivity index (χ3n) is 2.76. The van der Waals surface area contributed by atoms with Gasteiger partial charge in [-0.05, 0) is 29.6 Å². The van der Waals surface area contributed by atoms with Crippen molar-refractivity contribution in [2.24, 2.45) is 5.73 Å². The van der Waals surface area contributed by atoms with E-state index in [2.05, 4.69) is 10.2 Å². The summed E-state index contributed by atoms with van der Waals surface area (Å²) in [6.07, 6.45) is 0. The number of amides is 1. The quantitative estimate of drug-likeness (QED) is 0.773. The molecule has 0 aliphatic heterocycles. The molecular weight excluding hydrogens is 326 g/mol. The standard InChI is InChI=1S/C14H10ClN3O3S/c15-8-3-4-10(9(6-8)13(16)19)20-7-12-17-18-14(21-12)11-2-1-5-22-11/h1-6H,7H2,(H2,16,19). The summed E-state index contributed by atoms with van der Waals surface area (Å²) in [5, 5.41) is 10.2. The number of nitrogens with zero attached hydrogens (tertiary/aromatic N) is 2. The lowest BCUT2D eigenvalue weighted by Gasteiger charge is -2.07. The molecule has 2 heterocycles. The average molecular weight is 336 g/mol. The Morgan fingerprint density at radius 1 is 1.36 bits per heavy atom. The molecule has 8 heteroatoms. The van der Waals surface area contributed by atoms with E-state index in [-0.39, 0.29) is 12.2 Å². The van der Waals surface area contributed by atoms with Gasteiger partial charge >= 0.3 is 0 Å². The normalized spacial score (nSPS) is 10.6. The highest BCUT2D eigenvalue weighted by atomic mass is 35.5. The molecule has 0 bridgehead atoms. The lowest BCUT2D eigenvalue weighted by Crippen LogP contribution is -2.13. The van der Waals surface area contributed by atoms with Gasteiger partial charge in [-0.1, -0.05) is 17.7 Å². The number of primary amides is 1. The summed E-state index contributed by atoms with van der Waals surface area (Å²) >= 11 is 7.33. The number of ether oxygens (including phenoxy) is 1. The largest absolute Gasteiger partial charge is 0.483 e. The molecule has 0 spiro atoms. The van der Waals surface area contributed by atoms with Gasteiger partial charge in [0.05, 0.1) is 10.4 Å². The minimum atomic E-state index is -0.623. The SMILES string of the molecule is NC(=O)c1cc(Cl)ccc1OCc1nnc(-c2cccs2)o1. The number of thiophene rings is 1. The number of carbonyl (C=O) groups excluding carboxylic acids is 1. The van der Waals surface area contributed by atoms with Gasteiger partial charge in [0.15, 0.2) is 6.61 Å². The first-order valence-corrected chi connectivity index (χ1v) is 7.47. The summed E-state index contributed by atoms with van der Waals surface area (Å²) in [4.78, 5) is 12.3. The van der Waals surface area contributed by atoms with E-state index in [1.165, 1.54) is 17.4 Å². The van der Waals surface area contributed by atoms with Crippen LogP contribution in [0, 0.1) is 0 Å². The van der Waals surface area contributed by atoms with Gasteiger partial charge in [0, 0.05) is 5.02 Å². The molecule has 3 rings (SSSR count). The molecule has 1 aromatic carbocycles. The Morgan fingerprint density at radius 3 is 2.95 bits per heavy atom. The van der Waals surface area contributed by atoms with Crippen LogP contribution in [0.1, 0.15) is 16.2 Å². The summed E-state index contributed by atoms with van der Waals surface area (Å²) in [6, 6.07) is 8.40. The fourth-order valence-electron chi connectivity index (χ4n) is 1.77. The van der Waals surface area contributed by atoms with E-state index >= 15 is 0 Å². The van der Waals surface area contributed by atoms with Crippen LogP contribution in [0.25, 0.3) is 10.8 Å². The zero-order valence-corrected chi connectivity index (χ0v) is 12.7. The van der Waals surface area contributed by atoms with Crippen molar-refractivity contribution in [2.45, 2.75) is 6.61 Å². The highest BCUT2D eigenvalue weighted by Gasteiger charge is 2.13. The van der Waals surface area contributed by atoms with Gasteiger partial charge < -0.3 is 14.9 Å². The van der Waals surface area contributed by atoms with Crippen molar-refractivity contribution in [1.29, 1.82) is 0 Å². The second kappa shape index (κ2) is 6.17. The smallest absolute Gasteiger partial charge is 0.257 e. The van der Waals surface area contributed by atoms with Gasteiger partial charge in [0.1, 0.15) is 5.75 Å². The molecule has 112 valence electrons. The third-order valence-corrected chi connectivity index (χ3v) is 3.85. The van der Waals surface area contributed by atoms with Crippen molar-refractivity contribution < 1.29 is 13.9 Å². The Kier molecular flexibility index (Phi) is 4.08. The summed E-state index contributed by atoms with van der Waals surface area (Å²) in [7, 11) is 0. The minimum Gasteiger partial charge on any atom is -0.483 e. The van der Waals surface area contributed by atoms with Crippen LogP contribution in [-0.4, -0.2) is 16.1 Å². The second-order valence-electron chi connectivity index (χ2n) is 4.27. The zero-order chi connectivity index (χ0) is 15.5. The van der Waals surface area contributed by atoms with E-state index in [4.69, 9.17) is 26.5 Å². The van der Waals surface area contributed by atoms with Gasteiger partial charge in [0.25, 0.3) is 17.7 Å². The van der Waals surface area contributed by atoms with E-state index in [1.807, 2.05) is 17.5 Å². The summed E-state index contributed by atoms with van der Waals surface area (Å²) in [6.45, 7) is 0.0281. The van der Waals surface area contributed by atoms with Crippen LogP contribution < -0.4 is 10.5 Å². The lowest BCUT2D eigenvalue weighted by molar-refractivity contribution is 0.0995. The molecule has 1 amide bonds. The van der Waals surface area contributed by atoms with Crippen LogP contribution in [0.4, 0.5) is 0 Å². The molecule has 22 heavy (non-hydrogen) atoms. The van der Waals surface area contributed by atoms with E-state index in [9.17, 15) is 4.79 Å². The molecular formula is C14H10ClN3O3S. The molecule has 0 aliphatic carbocycles. The zero-order valence-electron chi connectivity index (χ0n) is 11.2. The summed E-state index contributed by atoms with van der Waals surface area (Å²) in [5.74, 6) is 0.420. The number of halogens is 1. The molecule has 2 N–H and O–H groups in total. The number of hydrogen-bond donors (Lipinski definition) is 1. The highest BCUT2D eigenvalue weighted by Crippen LogP contribution is 2.25. The molecule has 0 aliphatic rings. The number of nitrogens with two attached hydrogens (primary N) is 1. The maximum atomic E-state index is 11.4. The van der Waals surface area contributed by atoms with Crippen molar-refractivity contribution in [3.63, 3.8) is 0 Å². The minimum absolute atomic E-state index is 0.0281. The van der Waals surface area contributed by atoms with E-state index in [0.29, 0.717) is 22.6 Å². The Bertz CT molecular complexity index is 802. The van der Waals surface area contributed by atoms with Crippen LogP contribution in [0.3, 0.4) is 0 Å². The topological polar surface area (TPSA) is 91.2 Å². The van der Waals surface area contributed by atoms with E-state index in [1.54, 1.807) is 12.1 Å². The monoisotopic (exact) mass is 335 g/mol. The van der Waals surface area contributed by atoms with Crippen LogP contribution in [0.15, 0.2) is 40.1 Å². The first-order chi connectivity index (χ1) is 10.6. The average Bonchev–Trinajstić information content (AvgIpc) is 3.16. The second-order valence-corrected chi connectivity index (χ2v) is 5.66. The van der Waals surface area contributed by atoms with E-state index < -0.39 is 5.91 Å². The number of hydrogen-bond acceptors (Lipinski definition) is 6. The summed E-state index contributed by atoms with van der Waals surface area (Å²) < 4.78 is 11.0. The van der Waals surface area contributed by atoms with Gasteiger partial charge in [-0.25, -0.2) is 0 Å². The van der Waals surface area contributed by atoms with Gasteiger partial charge in [-0.15, -0.1) is 21.5 Å². The van der Waals surface area contributed by atoms with Gasteiger partial charge in [-0.3, -0.25) is 4.79 Å². The molecule has 0 saturated heterocycles. The highest BCUT2D eigenvalue weighted by molar-refractivity contribution is 7.13.